The summed E-state index contributed by atoms with van der Waals surface area (Å²) in [7, 11) is -3.22. The molecule has 0 saturated heterocycles. The van der Waals surface area contributed by atoms with Crippen molar-refractivity contribution in [3.63, 3.8) is 0 Å². The SMILES string of the molecule is CCn1ccc(C)ccc(C)c(C#N)c1-c1ccc(OCCNS(C)(=O)=O)cc1. The van der Waals surface area contributed by atoms with Gasteiger partial charge >= 0.3 is 0 Å². The lowest BCUT2D eigenvalue weighted by Gasteiger charge is -2.13. The maximum atomic E-state index is 11.1. The fourth-order valence-corrected chi connectivity index (χ4v) is 3.28. The molecule has 2 rings (SSSR count). The van der Waals surface area contributed by atoms with Crippen LogP contribution in [0.5, 0.6) is 5.75 Å². The first-order valence-electron chi connectivity index (χ1n) is 9.37. The number of hydrogen-bond donors (Lipinski definition) is 1. The molecular formula is C22H27N3O3S. The second-order valence-corrected chi connectivity index (χ2v) is 8.57. The van der Waals surface area contributed by atoms with E-state index in [1.54, 1.807) is 0 Å². The van der Waals surface area contributed by atoms with E-state index in [-0.39, 0.29) is 13.2 Å². The lowest BCUT2D eigenvalue weighted by atomic mass is 10.0. The van der Waals surface area contributed by atoms with E-state index in [4.69, 9.17) is 4.74 Å². The molecule has 0 saturated carbocycles. The first-order chi connectivity index (χ1) is 13.7. The van der Waals surface area contributed by atoms with Gasteiger partial charge in [-0.05, 0) is 67.8 Å². The summed E-state index contributed by atoms with van der Waals surface area (Å²) in [5, 5.41) is 9.84. The molecule has 2 aromatic rings. The molecule has 1 aromatic heterocycles. The first-order valence-corrected chi connectivity index (χ1v) is 11.3. The Bertz CT molecular complexity index is 1050. The Labute approximate surface area is 173 Å². The van der Waals surface area contributed by atoms with E-state index in [1.165, 1.54) is 0 Å². The zero-order valence-corrected chi connectivity index (χ0v) is 18.1. The van der Waals surface area contributed by atoms with Gasteiger partial charge in [-0.3, -0.25) is 0 Å². The Balaban J connectivity index is 2.41. The average Bonchev–Trinajstić information content (AvgIpc) is 2.74. The van der Waals surface area contributed by atoms with Gasteiger partial charge in [-0.2, -0.15) is 5.26 Å². The van der Waals surface area contributed by atoms with Crippen molar-refractivity contribution in [1.82, 2.24) is 9.29 Å². The smallest absolute Gasteiger partial charge is 0.208 e. The van der Waals surface area contributed by atoms with E-state index >= 15 is 0 Å². The third-order valence-electron chi connectivity index (χ3n) is 4.35. The van der Waals surface area contributed by atoms with Gasteiger partial charge in [0.15, 0.2) is 0 Å². The predicted octanol–water partition coefficient (Wildman–Crippen LogP) is 3.72. The van der Waals surface area contributed by atoms with Crippen LogP contribution in [0.2, 0.25) is 0 Å². The van der Waals surface area contributed by atoms with Crippen molar-refractivity contribution in [3.05, 3.63) is 65.4 Å². The number of aromatic nitrogens is 1. The molecule has 0 aliphatic carbocycles. The number of nitrogens with one attached hydrogen (secondary N) is 1. The van der Waals surface area contributed by atoms with E-state index in [1.807, 2.05) is 69.4 Å². The highest BCUT2D eigenvalue weighted by molar-refractivity contribution is 7.88. The van der Waals surface area contributed by atoms with Crippen LogP contribution in [0.15, 0.2) is 48.7 Å². The summed E-state index contributed by atoms with van der Waals surface area (Å²) in [5.74, 6) is 0.634. The van der Waals surface area contributed by atoms with Gasteiger partial charge in [0.2, 0.25) is 10.0 Å². The van der Waals surface area contributed by atoms with Crippen molar-refractivity contribution in [2.45, 2.75) is 27.3 Å². The van der Waals surface area contributed by atoms with Crippen LogP contribution in [0.25, 0.3) is 11.3 Å². The number of sulfonamides is 1. The van der Waals surface area contributed by atoms with Gasteiger partial charge in [0.1, 0.15) is 18.4 Å². The van der Waals surface area contributed by atoms with E-state index < -0.39 is 10.0 Å². The minimum Gasteiger partial charge on any atom is -0.492 e. The molecule has 29 heavy (non-hydrogen) atoms. The van der Waals surface area contributed by atoms with Crippen molar-refractivity contribution in [2.75, 3.05) is 19.4 Å². The van der Waals surface area contributed by atoms with Gasteiger partial charge in [-0.25, -0.2) is 13.1 Å². The molecule has 0 radical (unpaired) electrons. The molecule has 0 unspecified atom stereocenters. The first kappa shape index (κ1) is 22.5. The number of aryl methyl sites for hydroxylation is 3. The third-order valence-corrected chi connectivity index (χ3v) is 5.08. The largest absolute Gasteiger partial charge is 0.492 e. The van der Waals surface area contributed by atoms with Crippen molar-refractivity contribution in [1.29, 1.82) is 5.26 Å². The van der Waals surface area contributed by atoms with Gasteiger partial charge in [0.25, 0.3) is 0 Å². The highest BCUT2D eigenvalue weighted by Crippen LogP contribution is 2.26. The number of nitrogens with zero attached hydrogens (tertiary/aromatic N) is 2. The van der Waals surface area contributed by atoms with Crippen molar-refractivity contribution in [2.24, 2.45) is 0 Å². The fraction of sp³-hybridized carbons (Fsp3) is 0.318. The van der Waals surface area contributed by atoms with Crippen LogP contribution in [0.4, 0.5) is 0 Å². The van der Waals surface area contributed by atoms with Gasteiger partial charge in [-0.15, -0.1) is 0 Å². The molecule has 1 N–H and O–H groups in total. The van der Waals surface area contributed by atoms with Crippen LogP contribution in [-0.2, 0) is 16.6 Å². The second kappa shape index (κ2) is 10.1. The minimum absolute atomic E-state index is 0.203. The maximum Gasteiger partial charge on any atom is 0.208 e. The Morgan fingerprint density at radius 3 is 2.38 bits per heavy atom. The molecule has 7 heteroatoms. The standard InChI is InChI=1S/C22H27N3O3S/c1-5-25-14-12-17(2)6-7-18(3)21(16-23)22(25)19-8-10-20(11-9-19)28-15-13-24-29(4,26)27/h6-12,14,24H,5,13,15H2,1-4H3. The van der Waals surface area contributed by atoms with Crippen LogP contribution in [-0.4, -0.2) is 32.4 Å². The molecule has 0 atom stereocenters. The van der Waals surface area contributed by atoms with Crippen LogP contribution >= 0.6 is 0 Å². The van der Waals surface area contributed by atoms with E-state index in [2.05, 4.69) is 15.4 Å². The van der Waals surface area contributed by atoms with Crippen LogP contribution in [0.3, 0.4) is 0 Å². The summed E-state index contributed by atoms with van der Waals surface area (Å²) in [6.07, 6.45) is 3.10. The molecule has 6 nitrogen and oxygen atoms in total. The maximum absolute atomic E-state index is 11.1. The predicted molar refractivity (Wildman–Crippen MR) is 116 cm³/mol. The summed E-state index contributed by atoms with van der Waals surface area (Å²) in [5.41, 5.74) is 4.37. The number of nitriles is 1. The van der Waals surface area contributed by atoms with E-state index in [0.29, 0.717) is 17.9 Å². The Morgan fingerprint density at radius 2 is 1.79 bits per heavy atom. The quantitative estimate of drug-likeness (QED) is 0.701. The lowest BCUT2D eigenvalue weighted by molar-refractivity contribution is 0.323. The fourth-order valence-electron chi connectivity index (χ4n) is 2.83. The molecule has 0 fully saturated rings. The molecule has 154 valence electrons. The van der Waals surface area contributed by atoms with Gasteiger partial charge < -0.3 is 9.30 Å². The second-order valence-electron chi connectivity index (χ2n) is 6.74. The molecule has 0 aliphatic heterocycles. The van der Waals surface area contributed by atoms with Crippen LogP contribution in [0, 0.1) is 25.2 Å². The van der Waals surface area contributed by atoms with Gasteiger partial charge in [-0.1, -0.05) is 12.1 Å². The van der Waals surface area contributed by atoms with E-state index in [9.17, 15) is 13.7 Å². The lowest BCUT2D eigenvalue weighted by Crippen LogP contribution is -2.26. The molecule has 0 spiro atoms. The number of hydrogen-bond acceptors (Lipinski definition) is 4. The highest BCUT2D eigenvalue weighted by Gasteiger charge is 2.10. The third kappa shape index (κ3) is 6.63. The molecule has 0 bridgehead atoms. The summed E-state index contributed by atoms with van der Waals surface area (Å²) >= 11 is 0. The number of ether oxygens (including phenoxy) is 1. The molecule has 0 aliphatic rings. The highest BCUT2D eigenvalue weighted by atomic mass is 32.2. The normalized spacial score (nSPS) is 10.9. The summed E-state index contributed by atoms with van der Waals surface area (Å²) < 4.78 is 32.2. The molecule has 1 aromatic carbocycles. The van der Waals surface area contributed by atoms with Crippen molar-refractivity contribution >= 4 is 10.0 Å². The summed E-state index contributed by atoms with van der Waals surface area (Å²) in [6.45, 7) is 7.16. The van der Waals surface area contributed by atoms with Crippen LogP contribution in [0.1, 0.15) is 23.6 Å². The monoisotopic (exact) mass is 413 g/mol. The Hall–Kier alpha value is -2.82. The van der Waals surface area contributed by atoms with Crippen LogP contribution < -0.4 is 9.46 Å². The topological polar surface area (TPSA) is 84.1 Å². The zero-order chi connectivity index (χ0) is 21.4. The molecule has 0 amide bonds. The van der Waals surface area contributed by atoms with E-state index in [0.717, 1.165) is 28.6 Å². The number of benzene rings is 1. The van der Waals surface area contributed by atoms with Gasteiger partial charge in [0, 0.05) is 19.3 Å². The van der Waals surface area contributed by atoms with Crippen molar-refractivity contribution < 1.29 is 13.2 Å². The zero-order valence-electron chi connectivity index (χ0n) is 17.3. The minimum atomic E-state index is -3.22. The van der Waals surface area contributed by atoms with Crippen molar-refractivity contribution in [3.8, 4) is 23.1 Å². The van der Waals surface area contributed by atoms with Gasteiger partial charge in [0.05, 0.1) is 17.5 Å². The average molecular weight is 414 g/mol. The summed E-state index contributed by atoms with van der Waals surface area (Å²) in [4.78, 5) is 0. The number of rotatable bonds is 7. The molecular weight excluding hydrogens is 386 g/mol. The molecule has 1 heterocycles. The summed E-state index contributed by atoms with van der Waals surface area (Å²) in [6, 6.07) is 15.8. The Kier molecular flexibility index (Phi) is 7.82. The Morgan fingerprint density at radius 1 is 1.10 bits per heavy atom.